The fourth-order valence-corrected chi connectivity index (χ4v) is 4.47. The van der Waals surface area contributed by atoms with Gasteiger partial charge in [0.25, 0.3) is 11.1 Å². The Hall–Kier alpha value is -3.31. The van der Waals surface area contributed by atoms with Gasteiger partial charge in [0, 0.05) is 10.2 Å². The number of hydrogen-bond donors (Lipinski definition) is 1. The van der Waals surface area contributed by atoms with Gasteiger partial charge in [-0.3, -0.25) is 19.3 Å². The standard InChI is InChI=1S/C25H25BrN2O7S/c1-14(2)15-5-7-17(8-6-15)27-22(29)12-28-24(31)21(36-25(28)32)10-16-9-19(33-3)20(11-18(16)26)35-13-23(30)34-4/h5-11,14H,12-13H2,1-4H3,(H,27,29)/b21-10+. The molecular weight excluding hydrogens is 552 g/mol. The van der Waals surface area contributed by atoms with Crippen LogP contribution in [0.1, 0.15) is 30.9 Å². The summed E-state index contributed by atoms with van der Waals surface area (Å²) in [6.07, 6.45) is 1.52. The molecule has 2 aromatic carbocycles. The highest BCUT2D eigenvalue weighted by Gasteiger charge is 2.36. The van der Waals surface area contributed by atoms with Crippen LogP contribution in [0.5, 0.6) is 11.5 Å². The molecule has 36 heavy (non-hydrogen) atoms. The number of anilines is 1. The van der Waals surface area contributed by atoms with Crippen LogP contribution in [0.3, 0.4) is 0 Å². The van der Waals surface area contributed by atoms with Crippen LogP contribution in [0.15, 0.2) is 45.8 Å². The van der Waals surface area contributed by atoms with Gasteiger partial charge in [0.15, 0.2) is 18.1 Å². The minimum Gasteiger partial charge on any atom is -0.493 e. The van der Waals surface area contributed by atoms with Gasteiger partial charge < -0.3 is 19.5 Å². The lowest BCUT2D eigenvalue weighted by Gasteiger charge is -2.13. The summed E-state index contributed by atoms with van der Waals surface area (Å²) >= 11 is 4.14. The molecule has 1 aliphatic rings. The molecule has 3 amide bonds. The molecule has 0 radical (unpaired) electrons. The second kappa shape index (κ2) is 12.1. The monoisotopic (exact) mass is 576 g/mol. The van der Waals surface area contributed by atoms with Crippen molar-refractivity contribution in [2.45, 2.75) is 19.8 Å². The second-order valence-corrected chi connectivity index (χ2v) is 9.83. The molecule has 0 spiro atoms. The fraction of sp³-hybridized carbons (Fsp3) is 0.280. The molecule has 1 N–H and O–H groups in total. The molecule has 1 saturated heterocycles. The van der Waals surface area contributed by atoms with E-state index < -0.39 is 29.6 Å². The van der Waals surface area contributed by atoms with Crippen LogP contribution in [0.2, 0.25) is 0 Å². The SMILES string of the molecule is COC(=O)COc1cc(Br)c(/C=C2/SC(=O)N(CC(=O)Nc3ccc(C(C)C)cc3)C2=O)cc1OC. The largest absolute Gasteiger partial charge is 0.493 e. The number of hydrogen-bond acceptors (Lipinski definition) is 8. The van der Waals surface area contributed by atoms with Crippen molar-refractivity contribution in [1.29, 1.82) is 0 Å². The summed E-state index contributed by atoms with van der Waals surface area (Å²) in [5.41, 5.74) is 2.25. The topological polar surface area (TPSA) is 111 Å². The Labute approximate surface area is 221 Å². The van der Waals surface area contributed by atoms with Gasteiger partial charge in [-0.15, -0.1) is 0 Å². The number of halogens is 1. The summed E-state index contributed by atoms with van der Waals surface area (Å²) in [7, 11) is 2.68. The first-order valence-corrected chi connectivity index (χ1v) is 12.5. The third-order valence-corrected chi connectivity index (χ3v) is 6.77. The minimum absolute atomic E-state index is 0.153. The van der Waals surface area contributed by atoms with Gasteiger partial charge in [0.1, 0.15) is 6.54 Å². The Balaban J connectivity index is 1.71. The number of methoxy groups -OCH3 is 2. The van der Waals surface area contributed by atoms with E-state index in [1.165, 1.54) is 20.3 Å². The summed E-state index contributed by atoms with van der Waals surface area (Å²) in [5, 5.41) is 2.17. The van der Waals surface area contributed by atoms with Gasteiger partial charge in [-0.1, -0.05) is 41.9 Å². The van der Waals surface area contributed by atoms with Crippen LogP contribution in [-0.4, -0.2) is 55.3 Å². The quantitative estimate of drug-likeness (QED) is 0.334. The number of ether oxygens (including phenoxy) is 3. The molecule has 0 aromatic heterocycles. The van der Waals surface area contributed by atoms with Gasteiger partial charge in [-0.2, -0.15) is 0 Å². The van der Waals surface area contributed by atoms with Crippen molar-refractivity contribution in [3.8, 4) is 11.5 Å². The molecule has 3 rings (SSSR count). The molecule has 190 valence electrons. The molecule has 0 aliphatic carbocycles. The highest BCUT2D eigenvalue weighted by atomic mass is 79.9. The van der Waals surface area contributed by atoms with E-state index in [4.69, 9.17) is 9.47 Å². The number of rotatable bonds is 9. The van der Waals surface area contributed by atoms with Crippen molar-refractivity contribution in [3.05, 3.63) is 56.9 Å². The van der Waals surface area contributed by atoms with Gasteiger partial charge >= 0.3 is 5.97 Å². The zero-order valence-corrected chi connectivity index (χ0v) is 22.5. The number of nitrogens with zero attached hydrogens (tertiary/aromatic N) is 1. The summed E-state index contributed by atoms with van der Waals surface area (Å²) < 4.78 is 15.8. The van der Waals surface area contributed by atoms with E-state index in [-0.39, 0.29) is 17.3 Å². The third-order valence-electron chi connectivity index (χ3n) is 5.18. The Morgan fingerprint density at radius 3 is 2.42 bits per heavy atom. The number of benzene rings is 2. The minimum atomic E-state index is -0.577. The number of amides is 3. The predicted octanol–water partition coefficient (Wildman–Crippen LogP) is 4.81. The molecule has 11 heteroatoms. The van der Waals surface area contributed by atoms with Crippen LogP contribution in [0.4, 0.5) is 10.5 Å². The fourth-order valence-electron chi connectivity index (χ4n) is 3.20. The van der Waals surface area contributed by atoms with E-state index in [0.717, 1.165) is 22.2 Å². The lowest BCUT2D eigenvalue weighted by molar-refractivity contribution is -0.143. The molecule has 1 fully saturated rings. The van der Waals surface area contributed by atoms with E-state index in [0.29, 0.717) is 27.4 Å². The van der Waals surface area contributed by atoms with E-state index in [1.807, 2.05) is 12.1 Å². The number of nitrogens with one attached hydrogen (secondary N) is 1. The highest BCUT2D eigenvalue weighted by molar-refractivity contribution is 9.10. The lowest BCUT2D eigenvalue weighted by atomic mass is 10.0. The van der Waals surface area contributed by atoms with Crippen molar-refractivity contribution in [1.82, 2.24) is 4.90 Å². The maximum Gasteiger partial charge on any atom is 0.343 e. The molecule has 0 unspecified atom stereocenters. The molecule has 0 saturated carbocycles. The average molecular weight is 577 g/mol. The van der Waals surface area contributed by atoms with E-state index in [1.54, 1.807) is 24.3 Å². The number of carbonyl (C=O) groups is 4. The maximum atomic E-state index is 12.9. The summed E-state index contributed by atoms with van der Waals surface area (Å²) in [5.74, 6) is -0.644. The van der Waals surface area contributed by atoms with Crippen LogP contribution >= 0.6 is 27.7 Å². The van der Waals surface area contributed by atoms with E-state index in [9.17, 15) is 19.2 Å². The first kappa shape index (κ1) is 27.3. The van der Waals surface area contributed by atoms with Crippen molar-refractivity contribution in [2.75, 3.05) is 32.7 Å². The molecule has 0 atom stereocenters. The Bertz CT molecular complexity index is 1210. The number of carbonyl (C=O) groups excluding carboxylic acids is 4. The van der Waals surface area contributed by atoms with Gasteiger partial charge in [0.2, 0.25) is 5.91 Å². The molecule has 2 aromatic rings. The van der Waals surface area contributed by atoms with Crippen molar-refractivity contribution >= 4 is 62.5 Å². The maximum absolute atomic E-state index is 12.9. The van der Waals surface area contributed by atoms with Crippen molar-refractivity contribution < 1.29 is 33.4 Å². The summed E-state index contributed by atoms with van der Waals surface area (Å²) in [6.45, 7) is 3.44. The highest BCUT2D eigenvalue weighted by Crippen LogP contribution is 2.38. The lowest BCUT2D eigenvalue weighted by Crippen LogP contribution is -2.36. The molecular formula is C25H25BrN2O7S. The van der Waals surface area contributed by atoms with Crippen LogP contribution in [0, 0.1) is 0 Å². The number of thioether (sulfide) groups is 1. The van der Waals surface area contributed by atoms with Crippen LogP contribution < -0.4 is 14.8 Å². The zero-order chi connectivity index (χ0) is 26.4. The predicted molar refractivity (Wildman–Crippen MR) is 140 cm³/mol. The normalized spacial score (nSPS) is 14.4. The van der Waals surface area contributed by atoms with Crippen LogP contribution in [0.25, 0.3) is 6.08 Å². The van der Waals surface area contributed by atoms with Gasteiger partial charge in [-0.25, -0.2) is 4.79 Å². The van der Waals surface area contributed by atoms with Crippen LogP contribution in [-0.2, 0) is 19.1 Å². The first-order valence-electron chi connectivity index (χ1n) is 10.8. The summed E-state index contributed by atoms with van der Waals surface area (Å²) in [4.78, 5) is 50.3. The van der Waals surface area contributed by atoms with Crippen molar-refractivity contribution in [2.24, 2.45) is 0 Å². The van der Waals surface area contributed by atoms with Gasteiger partial charge in [0.05, 0.1) is 19.1 Å². The Morgan fingerprint density at radius 2 is 1.81 bits per heavy atom. The second-order valence-electron chi connectivity index (χ2n) is 7.98. The van der Waals surface area contributed by atoms with E-state index >= 15 is 0 Å². The smallest absolute Gasteiger partial charge is 0.343 e. The Kier molecular flexibility index (Phi) is 9.16. The summed E-state index contributed by atoms with van der Waals surface area (Å²) in [6, 6.07) is 10.6. The molecule has 0 bridgehead atoms. The third kappa shape index (κ3) is 6.67. The molecule has 9 nitrogen and oxygen atoms in total. The molecule has 1 aliphatic heterocycles. The number of esters is 1. The Morgan fingerprint density at radius 1 is 1.11 bits per heavy atom. The van der Waals surface area contributed by atoms with Gasteiger partial charge in [-0.05, 0) is 59.1 Å². The first-order chi connectivity index (χ1) is 17.1. The van der Waals surface area contributed by atoms with E-state index in [2.05, 4.69) is 39.8 Å². The average Bonchev–Trinajstić information content (AvgIpc) is 3.11. The zero-order valence-electron chi connectivity index (χ0n) is 20.1. The van der Waals surface area contributed by atoms with Crippen molar-refractivity contribution in [3.63, 3.8) is 0 Å². The molecule has 1 heterocycles. The number of imide groups is 1.